The maximum atomic E-state index is 12.1. The average molecular weight is 261 g/mol. The molecule has 1 aromatic rings. The fraction of sp³-hybridized carbons (Fsp3) is 0.533. The van der Waals surface area contributed by atoms with Crippen LogP contribution in [0.5, 0.6) is 0 Å². The van der Waals surface area contributed by atoms with Gasteiger partial charge in [-0.2, -0.15) is 0 Å². The Balaban J connectivity index is 2.25. The van der Waals surface area contributed by atoms with E-state index in [0.29, 0.717) is 0 Å². The number of hydrogen-bond acceptors (Lipinski definition) is 3. The largest absolute Gasteiger partial charge is 0.358 e. The predicted molar refractivity (Wildman–Crippen MR) is 78.6 cm³/mol. The van der Waals surface area contributed by atoms with E-state index in [4.69, 9.17) is 0 Å². The Morgan fingerprint density at radius 3 is 2.63 bits per heavy atom. The van der Waals surface area contributed by atoms with E-state index in [2.05, 4.69) is 47.6 Å². The van der Waals surface area contributed by atoms with Gasteiger partial charge in [-0.3, -0.25) is 4.79 Å². The fourth-order valence-corrected chi connectivity index (χ4v) is 2.71. The molecule has 1 fully saturated rings. The zero-order valence-corrected chi connectivity index (χ0v) is 12.0. The summed E-state index contributed by atoms with van der Waals surface area (Å²) in [4.78, 5) is 14.3. The second-order valence-corrected chi connectivity index (χ2v) is 5.24. The quantitative estimate of drug-likeness (QED) is 0.856. The standard InChI is InChI=1S/C15H23N3O/c1-11-8-12(2)10-13(9-11)18-7-6-17-15(19)14(18)4-5-16-3/h8-10,14,16H,4-7H2,1-3H3,(H,17,19). The minimum atomic E-state index is -0.0672. The third-order valence-electron chi connectivity index (χ3n) is 3.54. The van der Waals surface area contributed by atoms with Crippen LogP contribution >= 0.6 is 0 Å². The molecule has 1 unspecified atom stereocenters. The molecule has 1 heterocycles. The molecule has 1 saturated heterocycles. The second kappa shape index (κ2) is 6.06. The minimum Gasteiger partial charge on any atom is -0.358 e. The van der Waals surface area contributed by atoms with E-state index in [1.54, 1.807) is 0 Å². The number of aryl methyl sites for hydroxylation is 2. The van der Waals surface area contributed by atoms with Crippen LogP contribution in [0.1, 0.15) is 17.5 Å². The zero-order valence-electron chi connectivity index (χ0n) is 12.0. The molecule has 1 aromatic carbocycles. The summed E-state index contributed by atoms with van der Waals surface area (Å²) in [5.41, 5.74) is 3.65. The van der Waals surface area contributed by atoms with Gasteiger partial charge in [0.15, 0.2) is 0 Å². The van der Waals surface area contributed by atoms with Crippen molar-refractivity contribution in [2.45, 2.75) is 26.3 Å². The zero-order chi connectivity index (χ0) is 13.8. The third-order valence-corrected chi connectivity index (χ3v) is 3.54. The Morgan fingerprint density at radius 2 is 2.00 bits per heavy atom. The second-order valence-electron chi connectivity index (χ2n) is 5.24. The predicted octanol–water partition coefficient (Wildman–Crippen LogP) is 1.22. The van der Waals surface area contributed by atoms with Crippen molar-refractivity contribution in [3.05, 3.63) is 29.3 Å². The molecule has 0 saturated carbocycles. The van der Waals surface area contributed by atoms with Crippen molar-refractivity contribution in [1.29, 1.82) is 0 Å². The van der Waals surface area contributed by atoms with Crippen molar-refractivity contribution in [3.8, 4) is 0 Å². The number of hydrogen-bond donors (Lipinski definition) is 2. The summed E-state index contributed by atoms with van der Waals surface area (Å²) in [6, 6.07) is 6.42. The summed E-state index contributed by atoms with van der Waals surface area (Å²) in [7, 11) is 1.92. The molecule has 0 aliphatic carbocycles. The van der Waals surface area contributed by atoms with Gasteiger partial charge in [0.1, 0.15) is 6.04 Å². The van der Waals surface area contributed by atoms with Crippen molar-refractivity contribution in [2.24, 2.45) is 0 Å². The van der Waals surface area contributed by atoms with Gasteiger partial charge in [-0.1, -0.05) is 6.07 Å². The molecule has 0 radical (unpaired) electrons. The van der Waals surface area contributed by atoms with Gasteiger partial charge < -0.3 is 15.5 Å². The molecule has 1 aliphatic heterocycles. The maximum Gasteiger partial charge on any atom is 0.242 e. The van der Waals surface area contributed by atoms with Crippen molar-refractivity contribution in [3.63, 3.8) is 0 Å². The van der Waals surface area contributed by atoms with Gasteiger partial charge in [-0.15, -0.1) is 0 Å². The first kappa shape index (κ1) is 13.9. The topological polar surface area (TPSA) is 44.4 Å². The molecule has 4 nitrogen and oxygen atoms in total. The molecular weight excluding hydrogens is 238 g/mol. The molecule has 0 spiro atoms. The van der Waals surface area contributed by atoms with Crippen LogP contribution < -0.4 is 15.5 Å². The van der Waals surface area contributed by atoms with E-state index in [1.807, 2.05) is 7.05 Å². The highest BCUT2D eigenvalue weighted by atomic mass is 16.2. The highest BCUT2D eigenvalue weighted by Crippen LogP contribution is 2.23. The first-order chi connectivity index (χ1) is 9.11. The van der Waals surface area contributed by atoms with E-state index in [1.165, 1.54) is 11.1 Å². The average Bonchev–Trinajstić information content (AvgIpc) is 2.36. The van der Waals surface area contributed by atoms with Crippen LogP contribution in [0.4, 0.5) is 5.69 Å². The molecule has 0 bridgehead atoms. The lowest BCUT2D eigenvalue weighted by molar-refractivity contribution is -0.123. The summed E-state index contributed by atoms with van der Waals surface area (Å²) >= 11 is 0. The fourth-order valence-electron chi connectivity index (χ4n) is 2.71. The Bertz CT molecular complexity index is 438. The van der Waals surface area contributed by atoms with Gasteiger partial charge in [0.25, 0.3) is 0 Å². The Morgan fingerprint density at radius 1 is 1.32 bits per heavy atom. The molecule has 1 atom stereocenters. The maximum absolute atomic E-state index is 12.1. The number of rotatable bonds is 4. The van der Waals surface area contributed by atoms with Crippen LogP contribution in [0.25, 0.3) is 0 Å². The molecular formula is C15H23N3O. The normalized spacial score (nSPS) is 19.4. The monoisotopic (exact) mass is 261 g/mol. The Kier molecular flexibility index (Phi) is 4.43. The Hall–Kier alpha value is -1.55. The van der Waals surface area contributed by atoms with Crippen LogP contribution in [-0.4, -0.2) is 38.6 Å². The summed E-state index contributed by atoms with van der Waals surface area (Å²) in [6.45, 7) is 6.65. The number of amides is 1. The smallest absolute Gasteiger partial charge is 0.242 e. The number of nitrogens with zero attached hydrogens (tertiary/aromatic N) is 1. The molecule has 19 heavy (non-hydrogen) atoms. The van der Waals surface area contributed by atoms with E-state index in [-0.39, 0.29) is 11.9 Å². The summed E-state index contributed by atoms with van der Waals surface area (Å²) in [5, 5.41) is 6.09. The number of piperazine rings is 1. The molecule has 104 valence electrons. The first-order valence-corrected chi connectivity index (χ1v) is 6.89. The van der Waals surface area contributed by atoms with Crippen molar-refractivity contribution < 1.29 is 4.79 Å². The Labute approximate surface area is 115 Å². The SMILES string of the molecule is CNCCC1C(=O)NCCN1c1cc(C)cc(C)c1. The van der Waals surface area contributed by atoms with Crippen LogP contribution in [0.2, 0.25) is 0 Å². The van der Waals surface area contributed by atoms with E-state index < -0.39 is 0 Å². The number of benzene rings is 1. The molecule has 4 heteroatoms. The number of carbonyl (C=O) groups is 1. The van der Waals surface area contributed by atoms with Gasteiger partial charge in [0.2, 0.25) is 5.91 Å². The van der Waals surface area contributed by atoms with Crippen LogP contribution in [-0.2, 0) is 4.79 Å². The van der Waals surface area contributed by atoms with Crippen LogP contribution in [0, 0.1) is 13.8 Å². The first-order valence-electron chi connectivity index (χ1n) is 6.89. The van der Waals surface area contributed by atoms with Crippen molar-refractivity contribution >= 4 is 11.6 Å². The minimum absolute atomic E-state index is 0.0672. The summed E-state index contributed by atoms with van der Waals surface area (Å²) in [6.07, 6.45) is 0.829. The van der Waals surface area contributed by atoms with Gasteiger partial charge in [0, 0.05) is 18.8 Å². The molecule has 2 N–H and O–H groups in total. The summed E-state index contributed by atoms with van der Waals surface area (Å²) < 4.78 is 0. The highest BCUT2D eigenvalue weighted by Gasteiger charge is 2.29. The van der Waals surface area contributed by atoms with Gasteiger partial charge in [0.05, 0.1) is 0 Å². The van der Waals surface area contributed by atoms with Crippen molar-refractivity contribution in [2.75, 3.05) is 31.6 Å². The van der Waals surface area contributed by atoms with Crippen LogP contribution in [0.3, 0.4) is 0 Å². The molecule has 2 rings (SSSR count). The van der Waals surface area contributed by atoms with E-state index >= 15 is 0 Å². The lowest BCUT2D eigenvalue weighted by Crippen LogP contribution is -2.56. The van der Waals surface area contributed by atoms with Gasteiger partial charge in [-0.25, -0.2) is 0 Å². The number of anilines is 1. The van der Waals surface area contributed by atoms with Crippen LogP contribution in [0.15, 0.2) is 18.2 Å². The molecule has 1 aliphatic rings. The lowest BCUT2D eigenvalue weighted by Gasteiger charge is -2.37. The lowest BCUT2D eigenvalue weighted by atomic mass is 10.0. The molecule has 1 amide bonds. The van der Waals surface area contributed by atoms with Gasteiger partial charge >= 0.3 is 0 Å². The summed E-state index contributed by atoms with van der Waals surface area (Å²) in [5.74, 6) is 0.139. The van der Waals surface area contributed by atoms with E-state index in [0.717, 1.165) is 31.7 Å². The molecule has 0 aromatic heterocycles. The van der Waals surface area contributed by atoms with Crippen molar-refractivity contribution in [1.82, 2.24) is 10.6 Å². The van der Waals surface area contributed by atoms with Gasteiger partial charge in [-0.05, 0) is 57.1 Å². The third kappa shape index (κ3) is 3.26. The highest BCUT2D eigenvalue weighted by molar-refractivity contribution is 5.86. The number of nitrogens with one attached hydrogen (secondary N) is 2. The van der Waals surface area contributed by atoms with E-state index in [9.17, 15) is 4.79 Å². The number of carbonyl (C=O) groups excluding carboxylic acids is 1.